The molecule has 1 heterocycles. The van der Waals surface area contributed by atoms with E-state index in [4.69, 9.17) is 0 Å². The molecule has 1 aromatic carbocycles. The van der Waals surface area contributed by atoms with Crippen LogP contribution in [0.2, 0.25) is 0 Å². The molecular weight excluding hydrogens is 334 g/mol. The zero-order chi connectivity index (χ0) is 18.1. The molecule has 0 aliphatic carbocycles. The van der Waals surface area contributed by atoms with Gasteiger partial charge in [0.2, 0.25) is 5.91 Å². The number of para-hydroxylation sites is 1. The lowest BCUT2D eigenvalue weighted by atomic mass is 10.1. The fraction of sp³-hybridized carbons (Fsp3) is 0.316. The predicted molar refractivity (Wildman–Crippen MR) is 103 cm³/mol. The lowest BCUT2D eigenvalue weighted by Gasteiger charge is -2.20. The highest BCUT2D eigenvalue weighted by Gasteiger charge is 2.17. The van der Waals surface area contributed by atoms with Gasteiger partial charge in [-0.25, -0.2) is 0 Å². The number of carbonyl (C=O) groups excluding carboxylic acids is 2. The van der Waals surface area contributed by atoms with Crippen molar-refractivity contribution in [3.8, 4) is 0 Å². The summed E-state index contributed by atoms with van der Waals surface area (Å²) in [6, 6.07) is 11.0. The Morgan fingerprint density at radius 2 is 1.88 bits per heavy atom. The van der Waals surface area contributed by atoms with Gasteiger partial charge in [0.25, 0.3) is 5.91 Å². The van der Waals surface area contributed by atoms with E-state index in [1.165, 1.54) is 11.8 Å². The fourth-order valence-corrected chi connectivity index (χ4v) is 3.16. The quantitative estimate of drug-likeness (QED) is 0.786. The van der Waals surface area contributed by atoms with E-state index < -0.39 is 0 Å². The van der Waals surface area contributed by atoms with E-state index in [9.17, 15) is 9.59 Å². The maximum Gasteiger partial charge on any atom is 0.255 e. The van der Waals surface area contributed by atoms with Gasteiger partial charge in [-0.05, 0) is 37.6 Å². The SMILES string of the molecule is CCN(CC)C(=O)c1ccccc1NC(=O)CSCc1cccnc1. The number of thioether (sulfide) groups is 1. The van der Waals surface area contributed by atoms with Crippen molar-refractivity contribution in [1.82, 2.24) is 9.88 Å². The summed E-state index contributed by atoms with van der Waals surface area (Å²) in [5.41, 5.74) is 2.17. The Hall–Kier alpha value is -2.34. The number of benzene rings is 1. The molecule has 6 heteroatoms. The van der Waals surface area contributed by atoms with Crippen LogP contribution in [0.3, 0.4) is 0 Å². The van der Waals surface area contributed by atoms with Gasteiger partial charge in [-0.2, -0.15) is 0 Å². The summed E-state index contributed by atoms with van der Waals surface area (Å²) in [4.78, 5) is 30.6. The molecule has 0 radical (unpaired) electrons. The first-order chi connectivity index (χ1) is 12.2. The molecule has 0 saturated carbocycles. The Kier molecular flexibility index (Phi) is 7.47. The lowest BCUT2D eigenvalue weighted by molar-refractivity contribution is -0.113. The molecule has 0 unspecified atom stereocenters. The highest BCUT2D eigenvalue weighted by molar-refractivity contribution is 7.99. The average molecular weight is 357 g/mol. The second-order valence-electron chi connectivity index (χ2n) is 5.43. The Labute approximate surface area is 152 Å². The molecule has 132 valence electrons. The molecule has 1 N–H and O–H groups in total. The molecule has 0 atom stereocenters. The topological polar surface area (TPSA) is 62.3 Å². The molecule has 0 bridgehead atoms. The number of hydrogen-bond acceptors (Lipinski definition) is 4. The van der Waals surface area contributed by atoms with E-state index >= 15 is 0 Å². The number of carbonyl (C=O) groups is 2. The van der Waals surface area contributed by atoms with Crippen molar-refractivity contribution < 1.29 is 9.59 Å². The third kappa shape index (κ3) is 5.60. The summed E-state index contributed by atoms with van der Waals surface area (Å²) in [5.74, 6) is 0.863. The zero-order valence-electron chi connectivity index (χ0n) is 14.6. The predicted octanol–water partition coefficient (Wildman–Crippen LogP) is 3.44. The van der Waals surface area contributed by atoms with Gasteiger partial charge >= 0.3 is 0 Å². The molecule has 2 rings (SSSR count). The van der Waals surface area contributed by atoms with Crippen LogP contribution in [0.15, 0.2) is 48.8 Å². The van der Waals surface area contributed by atoms with Crippen LogP contribution in [-0.2, 0) is 10.5 Å². The van der Waals surface area contributed by atoms with Gasteiger partial charge in [-0.1, -0.05) is 18.2 Å². The molecule has 0 aliphatic rings. The van der Waals surface area contributed by atoms with E-state index in [-0.39, 0.29) is 11.8 Å². The standard InChI is InChI=1S/C19H23N3O2S/c1-3-22(4-2)19(24)16-9-5-6-10-17(16)21-18(23)14-25-13-15-8-7-11-20-12-15/h5-12H,3-4,13-14H2,1-2H3,(H,21,23). The Morgan fingerprint density at radius 1 is 1.12 bits per heavy atom. The molecule has 0 fully saturated rings. The second-order valence-corrected chi connectivity index (χ2v) is 6.41. The Bertz CT molecular complexity index is 703. The van der Waals surface area contributed by atoms with Gasteiger partial charge in [-0.3, -0.25) is 14.6 Å². The third-order valence-corrected chi connectivity index (χ3v) is 4.71. The van der Waals surface area contributed by atoms with E-state index in [1.54, 1.807) is 29.4 Å². The first-order valence-electron chi connectivity index (χ1n) is 8.30. The van der Waals surface area contributed by atoms with Crippen LogP contribution >= 0.6 is 11.8 Å². The minimum atomic E-state index is -0.117. The van der Waals surface area contributed by atoms with Crippen LogP contribution < -0.4 is 5.32 Å². The van der Waals surface area contributed by atoms with Gasteiger partial charge in [0, 0.05) is 31.2 Å². The van der Waals surface area contributed by atoms with Gasteiger partial charge < -0.3 is 10.2 Å². The number of rotatable bonds is 8. The molecule has 1 aromatic heterocycles. The van der Waals surface area contributed by atoms with Crippen LogP contribution in [0.4, 0.5) is 5.69 Å². The van der Waals surface area contributed by atoms with Crippen LogP contribution in [0, 0.1) is 0 Å². The highest BCUT2D eigenvalue weighted by atomic mass is 32.2. The maximum absolute atomic E-state index is 12.6. The lowest BCUT2D eigenvalue weighted by Crippen LogP contribution is -2.31. The number of hydrogen-bond donors (Lipinski definition) is 1. The zero-order valence-corrected chi connectivity index (χ0v) is 15.4. The van der Waals surface area contributed by atoms with Gasteiger partial charge in [-0.15, -0.1) is 11.8 Å². The maximum atomic E-state index is 12.6. The summed E-state index contributed by atoms with van der Waals surface area (Å²) < 4.78 is 0. The van der Waals surface area contributed by atoms with Crippen molar-refractivity contribution in [2.45, 2.75) is 19.6 Å². The second kappa shape index (κ2) is 9.84. The summed E-state index contributed by atoms with van der Waals surface area (Å²) in [7, 11) is 0. The normalized spacial score (nSPS) is 10.3. The van der Waals surface area contributed by atoms with Gasteiger partial charge in [0.05, 0.1) is 17.0 Å². The average Bonchev–Trinajstić information content (AvgIpc) is 2.64. The first kappa shape index (κ1) is 19.0. The summed E-state index contributed by atoms with van der Waals surface area (Å²) in [5, 5.41) is 2.86. The third-order valence-electron chi connectivity index (χ3n) is 3.71. The summed E-state index contributed by atoms with van der Waals surface area (Å²) >= 11 is 1.52. The van der Waals surface area contributed by atoms with Crippen molar-refractivity contribution in [1.29, 1.82) is 0 Å². The molecule has 0 aliphatic heterocycles. The van der Waals surface area contributed by atoms with Gasteiger partial charge in [0.15, 0.2) is 0 Å². The number of anilines is 1. The number of amides is 2. The van der Waals surface area contributed by atoms with Crippen LogP contribution in [-0.4, -0.2) is 40.5 Å². The van der Waals surface area contributed by atoms with Crippen molar-refractivity contribution in [3.05, 3.63) is 59.9 Å². The number of pyridine rings is 1. The Balaban J connectivity index is 1.95. The van der Waals surface area contributed by atoms with Crippen molar-refractivity contribution in [2.75, 3.05) is 24.2 Å². The first-order valence-corrected chi connectivity index (χ1v) is 9.46. The Morgan fingerprint density at radius 3 is 2.56 bits per heavy atom. The van der Waals surface area contributed by atoms with E-state index in [1.807, 2.05) is 38.1 Å². The largest absolute Gasteiger partial charge is 0.339 e. The molecule has 2 aromatic rings. The minimum Gasteiger partial charge on any atom is -0.339 e. The molecular formula is C19H23N3O2S. The summed E-state index contributed by atoms with van der Waals surface area (Å²) in [6.07, 6.45) is 3.52. The molecule has 0 saturated heterocycles. The van der Waals surface area contributed by atoms with Crippen LogP contribution in [0.5, 0.6) is 0 Å². The van der Waals surface area contributed by atoms with Gasteiger partial charge in [0.1, 0.15) is 0 Å². The molecule has 2 amide bonds. The van der Waals surface area contributed by atoms with Crippen molar-refractivity contribution in [2.24, 2.45) is 0 Å². The fourth-order valence-electron chi connectivity index (χ4n) is 2.39. The van der Waals surface area contributed by atoms with Crippen LogP contribution in [0.25, 0.3) is 0 Å². The number of nitrogens with one attached hydrogen (secondary N) is 1. The minimum absolute atomic E-state index is 0.0658. The van der Waals surface area contributed by atoms with Crippen LogP contribution in [0.1, 0.15) is 29.8 Å². The highest BCUT2D eigenvalue weighted by Crippen LogP contribution is 2.18. The van der Waals surface area contributed by atoms with E-state index in [0.717, 1.165) is 11.3 Å². The summed E-state index contributed by atoms with van der Waals surface area (Å²) in [6.45, 7) is 5.16. The van der Waals surface area contributed by atoms with Crippen molar-refractivity contribution >= 4 is 29.3 Å². The van der Waals surface area contributed by atoms with E-state index in [0.29, 0.717) is 30.1 Å². The smallest absolute Gasteiger partial charge is 0.255 e. The van der Waals surface area contributed by atoms with E-state index in [2.05, 4.69) is 10.3 Å². The molecule has 25 heavy (non-hydrogen) atoms. The molecule has 0 spiro atoms. The number of nitrogens with zero attached hydrogens (tertiary/aromatic N) is 2. The van der Waals surface area contributed by atoms with Crippen molar-refractivity contribution in [3.63, 3.8) is 0 Å². The number of aromatic nitrogens is 1. The monoisotopic (exact) mass is 357 g/mol. The molecule has 5 nitrogen and oxygen atoms in total.